The fraction of sp³-hybridized carbons (Fsp3) is 0.417. The zero-order valence-corrected chi connectivity index (χ0v) is 18.3. The van der Waals surface area contributed by atoms with E-state index in [1.807, 2.05) is 29.3 Å². The van der Waals surface area contributed by atoms with Crippen molar-refractivity contribution in [3.63, 3.8) is 0 Å². The summed E-state index contributed by atoms with van der Waals surface area (Å²) in [4.78, 5) is 20.7. The number of fused-ring (bicyclic) bond motifs is 3. The van der Waals surface area contributed by atoms with Crippen LogP contribution in [-0.4, -0.2) is 70.3 Å². The third-order valence-corrected chi connectivity index (χ3v) is 6.81. The molecule has 4 aliphatic heterocycles. The molecule has 4 fully saturated rings. The molecule has 1 amide bonds. The number of rotatable bonds is 6. The van der Waals surface area contributed by atoms with Crippen molar-refractivity contribution in [2.75, 3.05) is 37.7 Å². The van der Waals surface area contributed by atoms with Gasteiger partial charge in [-0.25, -0.2) is 9.50 Å². The molecule has 3 aromatic heterocycles. The minimum absolute atomic E-state index is 0.188. The van der Waals surface area contributed by atoms with Gasteiger partial charge >= 0.3 is 0 Å². The number of carbonyl (C=O) groups is 1. The number of nitriles is 1. The molecule has 7 heterocycles. The van der Waals surface area contributed by atoms with Crippen LogP contribution in [0.5, 0.6) is 5.75 Å². The molecular formula is C24H25N7O2. The van der Waals surface area contributed by atoms with Gasteiger partial charge in [-0.05, 0) is 31.0 Å². The summed E-state index contributed by atoms with van der Waals surface area (Å²) in [7, 11) is 0. The molecule has 0 aromatic carbocycles. The van der Waals surface area contributed by atoms with Crippen LogP contribution in [0, 0.1) is 11.3 Å². The largest absolute Gasteiger partial charge is 0.490 e. The van der Waals surface area contributed by atoms with Crippen LogP contribution in [0.25, 0.3) is 16.6 Å². The van der Waals surface area contributed by atoms with Crippen LogP contribution in [0.15, 0.2) is 36.8 Å². The second kappa shape index (κ2) is 8.05. The molecule has 4 saturated heterocycles. The molecule has 2 unspecified atom stereocenters. The maximum Gasteiger partial charge on any atom is 0.222 e. The third kappa shape index (κ3) is 3.66. The Bertz CT molecular complexity index is 1230. The molecule has 0 radical (unpaired) electrons. The lowest BCUT2D eigenvalue weighted by molar-refractivity contribution is -0.128. The number of ether oxygens (including phenoxy) is 1. The van der Waals surface area contributed by atoms with Crippen molar-refractivity contribution in [3.8, 4) is 22.9 Å². The highest BCUT2D eigenvalue weighted by Gasteiger charge is 2.36. The number of piperidine rings is 1. The lowest BCUT2D eigenvalue weighted by Crippen LogP contribution is -2.67. The molecule has 2 atom stereocenters. The van der Waals surface area contributed by atoms with Gasteiger partial charge in [0.05, 0.1) is 30.0 Å². The zero-order valence-electron chi connectivity index (χ0n) is 18.3. The number of aromatic nitrogens is 3. The topological polar surface area (TPSA) is 98.8 Å². The summed E-state index contributed by atoms with van der Waals surface area (Å²) in [6, 6.07) is 9.40. The molecule has 9 heteroatoms. The predicted molar refractivity (Wildman–Crippen MR) is 122 cm³/mol. The summed E-state index contributed by atoms with van der Waals surface area (Å²) in [6.45, 7) is 3.74. The third-order valence-electron chi connectivity index (χ3n) is 6.81. The number of amides is 1. The number of pyridine rings is 2. The minimum Gasteiger partial charge on any atom is -0.490 e. The standard InChI is InChI=1S/C24H25N7O2/c25-10-17-12-27-31-15-20(33-7-6-29-5-1-2-23(29)32)9-21(24(17)31)16-3-4-22(26-11-16)30-13-18-8-19(14-30)28-18/h3-4,9,11-12,15,18-19,28H,1-2,5-8,13-14H2. The van der Waals surface area contributed by atoms with E-state index >= 15 is 0 Å². The lowest BCUT2D eigenvalue weighted by Gasteiger charge is -2.48. The Morgan fingerprint density at radius 3 is 2.79 bits per heavy atom. The van der Waals surface area contributed by atoms with Crippen LogP contribution in [0.4, 0.5) is 5.82 Å². The van der Waals surface area contributed by atoms with Gasteiger partial charge in [0.15, 0.2) is 0 Å². The molecule has 2 bridgehead atoms. The quantitative estimate of drug-likeness (QED) is 0.620. The van der Waals surface area contributed by atoms with Crippen molar-refractivity contribution in [2.24, 2.45) is 0 Å². The molecule has 0 saturated carbocycles. The highest BCUT2D eigenvalue weighted by Crippen LogP contribution is 2.32. The van der Waals surface area contributed by atoms with E-state index in [0.717, 1.165) is 48.5 Å². The number of nitrogens with one attached hydrogen (secondary N) is 1. The van der Waals surface area contributed by atoms with Crippen molar-refractivity contribution in [3.05, 3.63) is 42.4 Å². The molecule has 1 N–H and O–H groups in total. The van der Waals surface area contributed by atoms with E-state index in [-0.39, 0.29) is 5.91 Å². The van der Waals surface area contributed by atoms with Crippen LogP contribution in [-0.2, 0) is 4.79 Å². The number of piperazine rings is 1. The number of anilines is 1. The monoisotopic (exact) mass is 443 g/mol. The summed E-state index contributed by atoms with van der Waals surface area (Å²) in [5, 5.41) is 17.5. The van der Waals surface area contributed by atoms with E-state index in [4.69, 9.17) is 9.72 Å². The summed E-state index contributed by atoms with van der Waals surface area (Å²) < 4.78 is 7.67. The molecule has 0 spiro atoms. The predicted octanol–water partition coefficient (Wildman–Crippen LogP) is 1.82. The summed E-state index contributed by atoms with van der Waals surface area (Å²) >= 11 is 0. The van der Waals surface area contributed by atoms with Crippen LogP contribution >= 0.6 is 0 Å². The van der Waals surface area contributed by atoms with Crippen molar-refractivity contribution >= 4 is 17.2 Å². The van der Waals surface area contributed by atoms with E-state index in [1.54, 1.807) is 16.9 Å². The van der Waals surface area contributed by atoms with Gasteiger partial charge in [-0.2, -0.15) is 10.4 Å². The lowest BCUT2D eigenvalue weighted by atomic mass is 9.91. The molecular weight excluding hydrogens is 418 g/mol. The van der Waals surface area contributed by atoms with Crippen LogP contribution in [0.2, 0.25) is 0 Å². The van der Waals surface area contributed by atoms with Crippen molar-refractivity contribution < 1.29 is 9.53 Å². The first-order valence-corrected chi connectivity index (χ1v) is 11.5. The Morgan fingerprint density at radius 2 is 2.09 bits per heavy atom. The van der Waals surface area contributed by atoms with Gasteiger partial charge in [-0.1, -0.05) is 0 Å². The number of carbonyl (C=O) groups excluding carboxylic acids is 1. The Balaban J connectivity index is 1.27. The van der Waals surface area contributed by atoms with E-state index < -0.39 is 0 Å². The van der Waals surface area contributed by atoms with Gasteiger partial charge in [0.25, 0.3) is 0 Å². The molecule has 168 valence electrons. The molecule has 3 aromatic rings. The molecule has 7 rings (SSSR count). The van der Waals surface area contributed by atoms with Crippen molar-refractivity contribution in [2.45, 2.75) is 31.3 Å². The normalized spacial score (nSPS) is 21.8. The van der Waals surface area contributed by atoms with Gasteiger partial charge < -0.3 is 19.9 Å². The van der Waals surface area contributed by atoms with Crippen LogP contribution in [0.3, 0.4) is 0 Å². The first kappa shape index (κ1) is 20.0. The average molecular weight is 444 g/mol. The van der Waals surface area contributed by atoms with Gasteiger partial charge in [0.1, 0.15) is 24.2 Å². The second-order valence-corrected chi connectivity index (χ2v) is 8.99. The Hall–Kier alpha value is -3.64. The Labute approximate surface area is 191 Å². The highest BCUT2D eigenvalue weighted by atomic mass is 16.5. The van der Waals surface area contributed by atoms with Crippen LogP contribution < -0.4 is 15.0 Å². The van der Waals surface area contributed by atoms with E-state index in [1.165, 1.54) is 6.42 Å². The SMILES string of the molecule is N#Cc1cnn2cc(OCCN3CCCC3=O)cc(-c3ccc(N4CC5CC(C4)N5)nc3)c12. The average Bonchev–Trinajstić information content (AvgIpc) is 3.44. The van der Waals surface area contributed by atoms with E-state index in [0.29, 0.717) is 43.0 Å². The first-order valence-electron chi connectivity index (χ1n) is 11.5. The molecule has 0 aliphatic carbocycles. The summed E-state index contributed by atoms with van der Waals surface area (Å²) in [5.41, 5.74) is 2.99. The molecule has 4 aliphatic rings. The molecule has 9 nitrogen and oxygen atoms in total. The van der Waals surface area contributed by atoms with Gasteiger partial charge in [0.2, 0.25) is 5.91 Å². The summed E-state index contributed by atoms with van der Waals surface area (Å²) in [5.74, 6) is 1.80. The number of hydrogen-bond donors (Lipinski definition) is 1. The maximum atomic E-state index is 11.8. The Kier molecular flexibility index (Phi) is 4.88. The zero-order chi connectivity index (χ0) is 22.4. The van der Waals surface area contributed by atoms with Crippen molar-refractivity contribution in [1.82, 2.24) is 24.8 Å². The minimum atomic E-state index is 0.188. The van der Waals surface area contributed by atoms with E-state index in [2.05, 4.69) is 21.4 Å². The van der Waals surface area contributed by atoms with Crippen LogP contribution in [0.1, 0.15) is 24.8 Å². The van der Waals surface area contributed by atoms with Gasteiger partial charge in [-0.3, -0.25) is 4.79 Å². The molecule has 33 heavy (non-hydrogen) atoms. The number of hydrogen-bond acceptors (Lipinski definition) is 7. The van der Waals surface area contributed by atoms with Gasteiger partial charge in [0, 0.05) is 55.5 Å². The first-order chi connectivity index (χ1) is 16.2. The van der Waals surface area contributed by atoms with E-state index in [9.17, 15) is 10.1 Å². The Morgan fingerprint density at radius 1 is 1.24 bits per heavy atom. The summed E-state index contributed by atoms with van der Waals surface area (Å²) in [6.07, 6.45) is 8.00. The fourth-order valence-electron chi connectivity index (χ4n) is 5.12. The highest BCUT2D eigenvalue weighted by molar-refractivity contribution is 5.85. The smallest absolute Gasteiger partial charge is 0.222 e. The number of likely N-dealkylation sites (tertiary alicyclic amines) is 1. The maximum absolute atomic E-state index is 11.8. The second-order valence-electron chi connectivity index (χ2n) is 8.99. The van der Waals surface area contributed by atoms with Crippen molar-refractivity contribution in [1.29, 1.82) is 5.26 Å². The number of nitrogens with zero attached hydrogens (tertiary/aromatic N) is 6. The van der Waals surface area contributed by atoms with Gasteiger partial charge in [-0.15, -0.1) is 0 Å². The fourth-order valence-corrected chi connectivity index (χ4v) is 5.12.